The maximum atomic E-state index is 6.30. The van der Waals surface area contributed by atoms with Gasteiger partial charge in [0.05, 0.1) is 0 Å². The van der Waals surface area contributed by atoms with Crippen molar-refractivity contribution in [1.82, 2.24) is 9.97 Å². The molecule has 0 amide bonds. The highest BCUT2D eigenvalue weighted by atomic mass is 35.5. The molecule has 0 aliphatic heterocycles. The fraction of sp³-hybridized carbons (Fsp3) is 0.571. The van der Waals surface area contributed by atoms with E-state index in [1.807, 2.05) is 6.92 Å². The molecule has 2 heterocycles. The number of hydrogen-bond acceptors (Lipinski definition) is 4. The van der Waals surface area contributed by atoms with Crippen molar-refractivity contribution in [3.05, 3.63) is 21.9 Å². The van der Waals surface area contributed by atoms with Gasteiger partial charge in [-0.15, -0.1) is 11.3 Å². The van der Waals surface area contributed by atoms with Crippen LogP contribution in [-0.2, 0) is 11.2 Å². The molecule has 0 bridgehead atoms. The van der Waals surface area contributed by atoms with E-state index in [9.17, 15) is 0 Å². The molecular weight excluding hydrogens is 280 g/mol. The first-order valence-corrected chi connectivity index (χ1v) is 7.99. The Kier molecular flexibility index (Phi) is 3.74. The van der Waals surface area contributed by atoms with Crippen LogP contribution in [0.15, 0.2) is 6.07 Å². The number of thiophene rings is 1. The number of ether oxygens (including phenoxy) is 1. The zero-order valence-corrected chi connectivity index (χ0v) is 12.7. The van der Waals surface area contributed by atoms with Crippen LogP contribution in [0.5, 0.6) is 0 Å². The van der Waals surface area contributed by atoms with Gasteiger partial charge in [0.2, 0.25) is 0 Å². The third-order valence-corrected chi connectivity index (χ3v) is 4.88. The molecule has 102 valence electrons. The molecule has 1 aliphatic carbocycles. The van der Waals surface area contributed by atoms with Crippen molar-refractivity contribution in [3.63, 3.8) is 0 Å². The van der Waals surface area contributed by atoms with E-state index in [0.717, 1.165) is 22.5 Å². The van der Waals surface area contributed by atoms with Crippen LogP contribution < -0.4 is 0 Å². The van der Waals surface area contributed by atoms with E-state index in [2.05, 4.69) is 23.0 Å². The van der Waals surface area contributed by atoms with Gasteiger partial charge in [-0.2, -0.15) is 0 Å². The molecular formula is C14H17ClN2OS. The Labute approximate surface area is 122 Å². The largest absolute Gasteiger partial charge is 0.370 e. The average molecular weight is 297 g/mol. The Morgan fingerprint density at radius 1 is 1.42 bits per heavy atom. The molecule has 2 aromatic heterocycles. The van der Waals surface area contributed by atoms with Gasteiger partial charge in [-0.25, -0.2) is 9.97 Å². The summed E-state index contributed by atoms with van der Waals surface area (Å²) in [5, 5.41) is 1.53. The van der Waals surface area contributed by atoms with Crippen molar-refractivity contribution in [2.24, 2.45) is 5.92 Å². The summed E-state index contributed by atoms with van der Waals surface area (Å²) in [6.45, 7) is 4.83. The molecule has 1 aliphatic rings. The summed E-state index contributed by atoms with van der Waals surface area (Å²) in [5.74, 6) is 1.32. The number of aryl methyl sites for hydroxylation is 1. The Morgan fingerprint density at radius 2 is 2.21 bits per heavy atom. The SMILES string of the molecule is CCOC(c1nc(Cl)c2cc(CC)sc2n1)C1CC1. The fourth-order valence-corrected chi connectivity index (χ4v) is 3.51. The lowest BCUT2D eigenvalue weighted by Gasteiger charge is -2.14. The Bertz CT molecular complexity index is 594. The van der Waals surface area contributed by atoms with Crippen LogP contribution in [0.2, 0.25) is 5.15 Å². The topological polar surface area (TPSA) is 35.0 Å². The summed E-state index contributed by atoms with van der Waals surface area (Å²) >= 11 is 8.00. The van der Waals surface area contributed by atoms with Crippen molar-refractivity contribution in [2.75, 3.05) is 6.61 Å². The molecule has 5 heteroatoms. The van der Waals surface area contributed by atoms with Gasteiger partial charge in [-0.05, 0) is 38.2 Å². The highest BCUT2D eigenvalue weighted by Gasteiger charge is 2.35. The van der Waals surface area contributed by atoms with Crippen LogP contribution >= 0.6 is 22.9 Å². The molecule has 1 atom stereocenters. The highest BCUT2D eigenvalue weighted by molar-refractivity contribution is 7.18. The molecule has 1 fully saturated rings. The summed E-state index contributed by atoms with van der Waals surface area (Å²) in [6.07, 6.45) is 3.42. The molecule has 3 rings (SSSR count). The summed E-state index contributed by atoms with van der Waals surface area (Å²) < 4.78 is 5.81. The molecule has 0 N–H and O–H groups in total. The highest BCUT2D eigenvalue weighted by Crippen LogP contribution is 2.43. The normalized spacial score (nSPS) is 17.0. The number of aromatic nitrogens is 2. The van der Waals surface area contributed by atoms with Crippen LogP contribution in [0, 0.1) is 5.92 Å². The number of fused-ring (bicyclic) bond motifs is 1. The maximum Gasteiger partial charge on any atom is 0.160 e. The van der Waals surface area contributed by atoms with Gasteiger partial charge in [-0.1, -0.05) is 18.5 Å². The zero-order valence-electron chi connectivity index (χ0n) is 11.1. The Morgan fingerprint density at radius 3 is 2.84 bits per heavy atom. The molecule has 0 aromatic carbocycles. The van der Waals surface area contributed by atoms with Gasteiger partial charge < -0.3 is 4.74 Å². The minimum atomic E-state index is 0.0130. The predicted molar refractivity (Wildman–Crippen MR) is 78.9 cm³/mol. The zero-order chi connectivity index (χ0) is 13.4. The third-order valence-electron chi connectivity index (χ3n) is 3.41. The minimum absolute atomic E-state index is 0.0130. The lowest BCUT2D eigenvalue weighted by atomic mass is 10.2. The predicted octanol–water partition coefficient (Wildman–Crippen LogP) is 4.39. The number of nitrogens with zero attached hydrogens (tertiary/aromatic N) is 2. The second kappa shape index (κ2) is 5.35. The minimum Gasteiger partial charge on any atom is -0.370 e. The summed E-state index contributed by atoms with van der Waals surface area (Å²) in [7, 11) is 0. The van der Waals surface area contributed by atoms with Crippen LogP contribution in [0.1, 0.15) is 43.5 Å². The van der Waals surface area contributed by atoms with Gasteiger partial charge in [-0.3, -0.25) is 0 Å². The standard InChI is InChI=1S/C14H17ClN2OS/c1-3-9-7-10-12(15)16-13(17-14(10)19-9)11(18-4-2)8-5-6-8/h7-8,11H,3-6H2,1-2H3. The fourth-order valence-electron chi connectivity index (χ4n) is 2.25. The van der Waals surface area contributed by atoms with E-state index in [0.29, 0.717) is 17.7 Å². The van der Waals surface area contributed by atoms with Crippen molar-refractivity contribution < 1.29 is 4.74 Å². The second-order valence-corrected chi connectivity index (χ2v) is 6.34. The van der Waals surface area contributed by atoms with Gasteiger partial charge in [0.25, 0.3) is 0 Å². The first-order chi connectivity index (χ1) is 9.22. The van der Waals surface area contributed by atoms with E-state index in [-0.39, 0.29) is 6.10 Å². The summed E-state index contributed by atoms with van der Waals surface area (Å²) in [5.41, 5.74) is 0. The maximum absolute atomic E-state index is 6.30. The van der Waals surface area contributed by atoms with Crippen molar-refractivity contribution in [3.8, 4) is 0 Å². The number of hydrogen-bond donors (Lipinski definition) is 0. The van der Waals surface area contributed by atoms with Gasteiger partial charge in [0, 0.05) is 16.9 Å². The monoisotopic (exact) mass is 296 g/mol. The third kappa shape index (κ3) is 2.62. The summed E-state index contributed by atoms with van der Waals surface area (Å²) in [4.78, 5) is 11.4. The van der Waals surface area contributed by atoms with E-state index < -0.39 is 0 Å². The van der Waals surface area contributed by atoms with Crippen molar-refractivity contribution in [2.45, 2.75) is 39.2 Å². The molecule has 1 unspecified atom stereocenters. The Balaban J connectivity index is 2.03. The van der Waals surface area contributed by atoms with Gasteiger partial charge in [0.15, 0.2) is 5.82 Å². The van der Waals surface area contributed by atoms with Crippen molar-refractivity contribution >= 4 is 33.2 Å². The molecule has 1 saturated carbocycles. The van der Waals surface area contributed by atoms with E-state index in [1.165, 1.54) is 17.7 Å². The summed E-state index contributed by atoms with van der Waals surface area (Å²) in [6, 6.07) is 2.10. The second-order valence-electron chi connectivity index (χ2n) is 4.87. The van der Waals surface area contributed by atoms with Crippen LogP contribution in [-0.4, -0.2) is 16.6 Å². The number of rotatable bonds is 5. The smallest absolute Gasteiger partial charge is 0.160 e. The first-order valence-electron chi connectivity index (χ1n) is 6.80. The van der Waals surface area contributed by atoms with Crippen LogP contribution in [0.4, 0.5) is 0 Å². The number of halogens is 1. The van der Waals surface area contributed by atoms with Gasteiger partial charge in [0.1, 0.15) is 16.1 Å². The van der Waals surface area contributed by atoms with Crippen molar-refractivity contribution in [1.29, 1.82) is 0 Å². The first kappa shape index (κ1) is 13.3. The Hall–Kier alpha value is -0.710. The van der Waals surface area contributed by atoms with Crippen LogP contribution in [0.25, 0.3) is 10.2 Å². The van der Waals surface area contributed by atoms with E-state index in [1.54, 1.807) is 11.3 Å². The molecule has 0 radical (unpaired) electrons. The lowest BCUT2D eigenvalue weighted by molar-refractivity contribution is 0.0403. The van der Waals surface area contributed by atoms with E-state index >= 15 is 0 Å². The van der Waals surface area contributed by atoms with Crippen LogP contribution in [0.3, 0.4) is 0 Å². The molecule has 0 saturated heterocycles. The van der Waals surface area contributed by atoms with Gasteiger partial charge >= 0.3 is 0 Å². The average Bonchev–Trinajstić information content (AvgIpc) is 3.14. The lowest BCUT2D eigenvalue weighted by Crippen LogP contribution is -2.10. The van der Waals surface area contributed by atoms with E-state index in [4.69, 9.17) is 16.3 Å². The quantitative estimate of drug-likeness (QED) is 0.767. The molecule has 2 aromatic rings. The molecule has 0 spiro atoms. The molecule has 3 nitrogen and oxygen atoms in total. The molecule has 19 heavy (non-hydrogen) atoms.